The fourth-order valence-corrected chi connectivity index (χ4v) is 2.22. The van der Waals surface area contributed by atoms with E-state index in [9.17, 15) is 0 Å². The van der Waals surface area contributed by atoms with E-state index < -0.39 is 0 Å². The highest BCUT2D eigenvalue weighted by atomic mass is 35.5. The molecule has 0 spiro atoms. The molecule has 1 aliphatic rings. The number of nitrogens with zero attached hydrogens (tertiary/aromatic N) is 2. The molecule has 1 aliphatic carbocycles. The topological polar surface area (TPSA) is 37.8 Å². The Morgan fingerprint density at radius 2 is 2.07 bits per heavy atom. The molecule has 3 nitrogen and oxygen atoms in total. The molecule has 0 atom stereocenters. The number of rotatable bonds is 3. The maximum atomic E-state index is 5.78. The van der Waals surface area contributed by atoms with Gasteiger partial charge in [0.1, 0.15) is 17.3 Å². The molecule has 1 aromatic rings. The summed E-state index contributed by atoms with van der Waals surface area (Å²) < 4.78 is 0. The fraction of sp³-hybridized carbons (Fsp3) is 0.636. The number of anilines is 1. The molecule has 4 heteroatoms. The van der Waals surface area contributed by atoms with Crippen LogP contribution < -0.4 is 5.32 Å². The van der Waals surface area contributed by atoms with Crippen molar-refractivity contribution in [1.29, 1.82) is 0 Å². The highest BCUT2D eigenvalue weighted by Gasteiger charge is 2.12. The van der Waals surface area contributed by atoms with E-state index in [1.807, 2.05) is 0 Å². The highest BCUT2D eigenvalue weighted by molar-refractivity contribution is 6.29. The number of hydrogen-bond acceptors (Lipinski definition) is 3. The average Bonchev–Trinajstić information content (AvgIpc) is 2.28. The summed E-state index contributed by atoms with van der Waals surface area (Å²) in [6.07, 6.45) is 8.31. The quantitative estimate of drug-likeness (QED) is 0.804. The molecule has 2 rings (SSSR count). The molecule has 0 aliphatic heterocycles. The van der Waals surface area contributed by atoms with Crippen LogP contribution in [0, 0.1) is 5.92 Å². The second-order valence-corrected chi connectivity index (χ2v) is 4.50. The van der Waals surface area contributed by atoms with Gasteiger partial charge in [-0.3, -0.25) is 0 Å². The zero-order valence-corrected chi connectivity index (χ0v) is 9.50. The van der Waals surface area contributed by atoms with E-state index >= 15 is 0 Å². The first kappa shape index (κ1) is 10.7. The van der Waals surface area contributed by atoms with E-state index in [1.165, 1.54) is 38.4 Å². The van der Waals surface area contributed by atoms with Crippen LogP contribution in [-0.4, -0.2) is 16.5 Å². The third-order valence-corrected chi connectivity index (χ3v) is 3.14. The molecule has 1 fully saturated rings. The average molecular weight is 226 g/mol. The number of nitrogens with one attached hydrogen (secondary N) is 1. The molecule has 15 heavy (non-hydrogen) atoms. The number of aromatic nitrogens is 2. The van der Waals surface area contributed by atoms with E-state index in [2.05, 4.69) is 15.3 Å². The van der Waals surface area contributed by atoms with Gasteiger partial charge in [0.25, 0.3) is 0 Å². The van der Waals surface area contributed by atoms with Crippen LogP contribution in [0.1, 0.15) is 32.1 Å². The van der Waals surface area contributed by atoms with Crippen LogP contribution in [0.4, 0.5) is 5.82 Å². The van der Waals surface area contributed by atoms with Crippen LogP contribution in [-0.2, 0) is 0 Å². The zero-order chi connectivity index (χ0) is 10.5. The fourth-order valence-electron chi connectivity index (χ4n) is 2.07. The Labute approximate surface area is 95.3 Å². The lowest BCUT2D eigenvalue weighted by Gasteiger charge is -2.21. The van der Waals surface area contributed by atoms with Crippen molar-refractivity contribution in [3.05, 3.63) is 17.5 Å². The van der Waals surface area contributed by atoms with Gasteiger partial charge in [0.2, 0.25) is 0 Å². The van der Waals surface area contributed by atoms with Crippen molar-refractivity contribution in [2.75, 3.05) is 11.9 Å². The molecule has 1 saturated carbocycles. The minimum atomic E-state index is 0.496. The molecule has 0 amide bonds. The van der Waals surface area contributed by atoms with Gasteiger partial charge in [0.05, 0.1) is 0 Å². The van der Waals surface area contributed by atoms with E-state index in [4.69, 9.17) is 11.6 Å². The van der Waals surface area contributed by atoms with Crippen LogP contribution >= 0.6 is 11.6 Å². The first-order valence-electron chi connectivity index (χ1n) is 5.56. The first-order valence-corrected chi connectivity index (χ1v) is 5.94. The predicted octanol–water partition coefficient (Wildman–Crippen LogP) is 3.12. The van der Waals surface area contributed by atoms with Crippen LogP contribution in [0.2, 0.25) is 5.15 Å². The summed E-state index contributed by atoms with van der Waals surface area (Å²) in [5.41, 5.74) is 0. The van der Waals surface area contributed by atoms with Crippen molar-refractivity contribution >= 4 is 17.4 Å². The Bertz CT molecular complexity index is 310. The summed E-state index contributed by atoms with van der Waals surface area (Å²) >= 11 is 5.78. The first-order chi connectivity index (χ1) is 7.34. The second-order valence-electron chi connectivity index (χ2n) is 4.11. The summed E-state index contributed by atoms with van der Waals surface area (Å²) in [5.74, 6) is 1.63. The minimum Gasteiger partial charge on any atom is -0.370 e. The molecule has 1 heterocycles. The van der Waals surface area contributed by atoms with Crippen molar-refractivity contribution in [3.63, 3.8) is 0 Å². The monoisotopic (exact) mass is 225 g/mol. The molecular formula is C11H16ClN3. The summed E-state index contributed by atoms with van der Waals surface area (Å²) in [6.45, 7) is 1.01. The van der Waals surface area contributed by atoms with Crippen molar-refractivity contribution < 1.29 is 0 Å². The van der Waals surface area contributed by atoms with Gasteiger partial charge in [-0.05, 0) is 18.8 Å². The third-order valence-electron chi connectivity index (χ3n) is 2.93. The lowest BCUT2D eigenvalue weighted by Crippen LogP contribution is -2.17. The van der Waals surface area contributed by atoms with Gasteiger partial charge in [-0.15, -0.1) is 0 Å². The Morgan fingerprint density at radius 1 is 1.27 bits per heavy atom. The Balaban J connectivity index is 1.81. The van der Waals surface area contributed by atoms with Gasteiger partial charge in [0.15, 0.2) is 0 Å². The Morgan fingerprint density at radius 3 is 2.80 bits per heavy atom. The van der Waals surface area contributed by atoms with Crippen molar-refractivity contribution in [2.24, 2.45) is 5.92 Å². The summed E-state index contributed by atoms with van der Waals surface area (Å²) in [6, 6.07) is 1.77. The second kappa shape index (κ2) is 5.31. The third kappa shape index (κ3) is 3.34. The van der Waals surface area contributed by atoms with Crippen molar-refractivity contribution in [1.82, 2.24) is 9.97 Å². The zero-order valence-electron chi connectivity index (χ0n) is 8.75. The summed E-state index contributed by atoms with van der Waals surface area (Å²) in [5, 5.41) is 3.82. The molecule has 1 N–H and O–H groups in total. The number of hydrogen-bond donors (Lipinski definition) is 1. The normalized spacial score (nSPS) is 17.7. The SMILES string of the molecule is Clc1cc(NCC2CCCCC2)ncn1. The predicted molar refractivity (Wildman–Crippen MR) is 62.1 cm³/mol. The van der Waals surface area contributed by atoms with Gasteiger partial charge >= 0.3 is 0 Å². The Kier molecular flexibility index (Phi) is 3.78. The lowest BCUT2D eigenvalue weighted by molar-refractivity contribution is 0.373. The molecule has 0 aromatic carbocycles. The lowest BCUT2D eigenvalue weighted by atomic mass is 9.89. The van der Waals surface area contributed by atoms with Crippen LogP contribution in [0.5, 0.6) is 0 Å². The standard InChI is InChI=1S/C11H16ClN3/c12-10-6-11(15-8-14-10)13-7-9-4-2-1-3-5-9/h6,8-9H,1-5,7H2,(H,13,14,15). The van der Waals surface area contributed by atoms with E-state index in [1.54, 1.807) is 6.07 Å². The maximum absolute atomic E-state index is 5.78. The molecule has 0 radical (unpaired) electrons. The van der Waals surface area contributed by atoms with Crippen LogP contribution in [0.25, 0.3) is 0 Å². The van der Waals surface area contributed by atoms with E-state index in [0.29, 0.717) is 5.15 Å². The van der Waals surface area contributed by atoms with Gasteiger partial charge in [-0.25, -0.2) is 9.97 Å². The van der Waals surface area contributed by atoms with Gasteiger partial charge in [0, 0.05) is 12.6 Å². The number of halogens is 1. The van der Waals surface area contributed by atoms with Gasteiger partial charge < -0.3 is 5.32 Å². The molecular weight excluding hydrogens is 210 g/mol. The van der Waals surface area contributed by atoms with Crippen molar-refractivity contribution in [3.8, 4) is 0 Å². The molecule has 1 aromatic heterocycles. The van der Waals surface area contributed by atoms with Gasteiger partial charge in [-0.2, -0.15) is 0 Å². The molecule has 0 bridgehead atoms. The largest absolute Gasteiger partial charge is 0.370 e. The van der Waals surface area contributed by atoms with E-state index in [-0.39, 0.29) is 0 Å². The highest BCUT2D eigenvalue weighted by Crippen LogP contribution is 2.23. The maximum Gasteiger partial charge on any atom is 0.134 e. The smallest absolute Gasteiger partial charge is 0.134 e. The molecule has 0 unspecified atom stereocenters. The van der Waals surface area contributed by atoms with E-state index in [0.717, 1.165) is 18.3 Å². The van der Waals surface area contributed by atoms with Crippen molar-refractivity contribution in [2.45, 2.75) is 32.1 Å². The Hall–Kier alpha value is -0.830. The molecule has 82 valence electrons. The summed E-state index contributed by atoms with van der Waals surface area (Å²) in [4.78, 5) is 7.97. The van der Waals surface area contributed by atoms with Crippen LogP contribution in [0.15, 0.2) is 12.4 Å². The van der Waals surface area contributed by atoms with Crippen LogP contribution in [0.3, 0.4) is 0 Å². The molecule has 0 saturated heterocycles. The van der Waals surface area contributed by atoms with Gasteiger partial charge in [-0.1, -0.05) is 30.9 Å². The summed E-state index contributed by atoms with van der Waals surface area (Å²) in [7, 11) is 0. The minimum absolute atomic E-state index is 0.496.